The van der Waals surface area contributed by atoms with E-state index in [0.29, 0.717) is 6.61 Å². The first-order valence-electron chi connectivity index (χ1n) is 3.77. The van der Waals surface area contributed by atoms with Crippen molar-refractivity contribution >= 4 is 12.0 Å². The van der Waals surface area contributed by atoms with Crippen LogP contribution in [0.2, 0.25) is 0 Å². The van der Waals surface area contributed by atoms with Gasteiger partial charge in [0.2, 0.25) is 5.91 Å². The predicted molar refractivity (Wildman–Crippen MR) is 43.4 cm³/mol. The number of hydrogen-bond acceptors (Lipinski definition) is 3. The van der Waals surface area contributed by atoms with Crippen LogP contribution in [0.25, 0.3) is 0 Å². The number of carbonyl (C=O) groups is 2. The lowest BCUT2D eigenvalue weighted by molar-refractivity contribution is -0.118. The fourth-order valence-electron chi connectivity index (χ4n) is 0.727. The van der Waals surface area contributed by atoms with Gasteiger partial charge in [0.05, 0.1) is 6.61 Å². The summed E-state index contributed by atoms with van der Waals surface area (Å²) in [6.07, 6.45) is -0.398. The quantitative estimate of drug-likeness (QED) is 0.629. The van der Waals surface area contributed by atoms with E-state index in [9.17, 15) is 9.59 Å². The first kappa shape index (κ1) is 10.7. The van der Waals surface area contributed by atoms with Gasteiger partial charge in [-0.25, -0.2) is 4.79 Å². The van der Waals surface area contributed by atoms with E-state index in [-0.39, 0.29) is 12.5 Å². The Balaban J connectivity index is 3.61. The Morgan fingerprint density at radius 3 is 2.58 bits per heavy atom. The summed E-state index contributed by atoms with van der Waals surface area (Å²) in [5.41, 5.74) is 4.91. The van der Waals surface area contributed by atoms with E-state index < -0.39 is 12.0 Å². The molecule has 0 radical (unpaired) electrons. The van der Waals surface area contributed by atoms with E-state index in [1.165, 1.54) is 0 Å². The molecule has 0 aliphatic carbocycles. The first-order valence-corrected chi connectivity index (χ1v) is 3.77. The number of alkyl carbamates (subject to hydrolysis) is 1. The molecule has 0 aromatic carbocycles. The van der Waals surface area contributed by atoms with E-state index >= 15 is 0 Å². The molecule has 0 rings (SSSR count). The molecule has 12 heavy (non-hydrogen) atoms. The van der Waals surface area contributed by atoms with Gasteiger partial charge in [-0.2, -0.15) is 0 Å². The topological polar surface area (TPSA) is 81.4 Å². The van der Waals surface area contributed by atoms with Gasteiger partial charge in [-0.15, -0.1) is 0 Å². The highest BCUT2D eigenvalue weighted by Gasteiger charge is 2.09. The summed E-state index contributed by atoms with van der Waals surface area (Å²) in [5.74, 6) is -0.445. The van der Waals surface area contributed by atoms with Crippen molar-refractivity contribution in [1.29, 1.82) is 0 Å². The Morgan fingerprint density at radius 1 is 1.58 bits per heavy atom. The van der Waals surface area contributed by atoms with Gasteiger partial charge in [0.15, 0.2) is 0 Å². The highest BCUT2D eigenvalue weighted by molar-refractivity contribution is 5.75. The molecule has 0 fully saturated rings. The molecule has 5 heteroatoms. The zero-order valence-electron chi connectivity index (χ0n) is 7.29. The lowest BCUT2D eigenvalue weighted by Crippen LogP contribution is -2.36. The fourth-order valence-corrected chi connectivity index (χ4v) is 0.727. The highest BCUT2D eigenvalue weighted by Crippen LogP contribution is 1.89. The maximum atomic E-state index is 10.7. The second-order valence-electron chi connectivity index (χ2n) is 2.44. The van der Waals surface area contributed by atoms with Crippen LogP contribution in [0.1, 0.15) is 20.3 Å². The van der Waals surface area contributed by atoms with Gasteiger partial charge < -0.3 is 15.8 Å². The number of primary amides is 1. The van der Waals surface area contributed by atoms with Crippen molar-refractivity contribution in [2.75, 3.05) is 6.61 Å². The molecule has 5 nitrogen and oxygen atoms in total. The molecule has 0 spiro atoms. The molecular formula is C7H14N2O3. The largest absolute Gasteiger partial charge is 0.450 e. The van der Waals surface area contributed by atoms with Crippen molar-refractivity contribution in [1.82, 2.24) is 5.32 Å². The Morgan fingerprint density at radius 2 is 2.17 bits per heavy atom. The molecule has 0 aliphatic rings. The number of ether oxygens (including phenoxy) is 1. The summed E-state index contributed by atoms with van der Waals surface area (Å²) in [4.78, 5) is 21.1. The van der Waals surface area contributed by atoms with Gasteiger partial charge >= 0.3 is 6.09 Å². The molecule has 0 heterocycles. The van der Waals surface area contributed by atoms with Crippen molar-refractivity contribution < 1.29 is 14.3 Å². The van der Waals surface area contributed by atoms with E-state index in [2.05, 4.69) is 10.1 Å². The van der Waals surface area contributed by atoms with Crippen molar-refractivity contribution in [2.24, 2.45) is 5.73 Å². The highest BCUT2D eigenvalue weighted by atomic mass is 16.5. The summed E-state index contributed by atoms with van der Waals surface area (Å²) in [6.45, 7) is 3.70. The zero-order chi connectivity index (χ0) is 9.56. The number of carbonyl (C=O) groups excluding carboxylic acids is 2. The third-order valence-electron chi connectivity index (χ3n) is 1.15. The van der Waals surface area contributed by atoms with E-state index in [1.807, 2.05) is 0 Å². The van der Waals surface area contributed by atoms with Gasteiger partial charge in [-0.3, -0.25) is 4.79 Å². The SMILES string of the molecule is CCOC(=O)N[C@H](C)CC(N)=O. The smallest absolute Gasteiger partial charge is 0.407 e. The minimum atomic E-state index is -0.522. The van der Waals surface area contributed by atoms with Gasteiger partial charge in [-0.1, -0.05) is 0 Å². The molecule has 2 amide bonds. The predicted octanol–water partition coefficient (Wildman–Crippen LogP) is -0.00360. The first-order chi connectivity index (χ1) is 5.56. The number of amides is 2. The average Bonchev–Trinajstić information content (AvgIpc) is 1.84. The van der Waals surface area contributed by atoms with Crippen molar-refractivity contribution in [3.8, 4) is 0 Å². The fraction of sp³-hybridized carbons (Fsp3) is 0.714. The van der Waals surface area contributed by atoms with Crippen LogP contribution in [0.5, 0.6) is 0 Å². The molecule has 0 saturated carbocycles. The maximum Gasteiger partial charge on any atom is 0.407 e. The molecule has 3 N–H and O–H groups in total. The van der Waals surface area contributed by atoms with E-state index in [4.69, 9.17) is 5.73 Å². The monoisotopic (exact) mass is 174 g/mol. The molecule has 0 aromatic rings. The summed E-state index contributed by atoms with van der Waals surface area (Å²) in [6, 6.07) is -0.276. The molecular weight excluding hydrogens is 160 g/mol. The lowest BCUT2D eigenvalue weighted by Gasteiger charge is -2.10. The van der Waals surface area contributed by atoms with Crippen molar-refractivity contribution in [3.63, 3.8) is 0 Å². The van der Waals surface area contributed by atoms with Crippen molar-refractivity contribution in [2.45, 2.75) is 26.3 Å². The van der Waals surface area contributed by atoms with Crippen LogP contribution in [0, 0.1) is 0 Å². The van der Waals surface area contributed by atoms with Gasteiger partial charge in [-0.05, 0) is 13.8 Å². The Labute approximate surface area is 71.3 Å². The molecule has 0 aliphatic heterocycles. The van der Waals surface area contributed by atoms with Gasteiger partial charge in [0, 0.05) is 12.5 Å². The number of nitrogens with two attached hydrogens (primary N) is 1. The zero-order valence-corrected chi connectivity index (χ0v) is 7.29. The van der Waals surface area contributed by atoms with Crippen LogP contribution < -0.4 is 11.1 Å². The molecule has 0 saturated heterocycles. The van der Waals surface area contributed by atoms with E-state index in [0.717, 1.165) is 0 Å². The molecule has 0 unspecified atom stereocenters. The van der Waals surface area contributed by atoms with Gasteiger partial charge in [0.25, 0.3) is 0 Å². The maximum absolute atomic E-state index is 10.7. The minimum absolute atomic E-state index is 0.124. The molecule has 70 valence electrons. The standard InChI is InChI=1S/C7H14N2O3/c1-3-12-7(11)9-5(2)4-6(8)10/h5H,3-4H2,1-2H3,(H2,8,10)(H,9,11)/t5-/m1/s1. The molecule has 0 bridgehead atoms. The molecule has 1 atom stereocenters. The average molecular weight is 174 g/mol. The second-order valence-corrected chi connectivity index (χ2v) is 2.44. The van der Waals surface area contributed by atoms with Crippen LogP contribution in [0.4, 0.5) is 4.79 Å². The van der Waals surface area contributed by atoms with Crippen LogP contribution in [0.3, 0.4) is 0 Å². The van der Waals surface area contributed by atoms with Crippen LogP contribution in [0.15, 0.2) is 0 Å². The lowest BCUT2D eigenvalue weighted by atomic mass is 10.2. The summed E-state index contributed by atoms with van der Waals surface area (Å²) >= 11 is 0. The number of rotatable bonds is 4. The van der Waals surface area contributed by atoms with Crippen LogP contribution in [-0.4, -0.2) is 24.6 Å². The number of hydrogen-bond donors (Lipinski definition) is 2. The van der Waals surface area contributed by atoms with Crippen molar-refractivity contribution in [3.05, 3.63) is 0 Å². The van der Waals surface area contributed by atoms with Gasteiger partial charge in [0.1, 0.15) is 0 Å². The number of nitrogens with one attached hydrogen (secondary N) is 1. The summed E-state index contributed by atoms with van der Waals surface area (Å²) < 4.78 is 4.59. The summed E-state index contributed by atoms with van der Waals surface area (Å²) in [5, 5.41) is 2.45. The third kappa shape index (κ3) is 5.52. The van der Waals surface area contributed by atoms with Crippen LogP contribution in [-0.2, 0) is 9.53 Å². The Kier molecular flexibility index (Phi) is 4.83. The Bertz CT molecular complexity index is 170. The summed E-state index contributed by atoms with van der Waals surface area (Å²) in [7, 11) is 0. The Hall–Kier alpha value is -1.26. The minimum Gasteiger partial charge on any atom is -0.450 e. The molecule has 0 aromatic heterocycles. The normalized spacial score (nSPS) is 11.8. The van der Waals surface area contributed by atoms with Crippen LogP contribution >= 0.6 is 0 Å². The third-order valence-corrected chi connectivity index (χ3v) is 1.15. The second kappa shape index (κ2) is 5.40. The van der Waals surface area contributed by atoms with E-state index in [1.54, 1.807) is 13.8 Å².